The molecule has 1 aromatic heterocycles. The van der Waals surface area contributed by atoms with E-state index < -0.39 is 22.9 Å². The van der Waals surface area contributed by atoms with Crippen LogP contribution in [0, 0.1) is 0 Å². The van der Waals surface area contributed by atoms with Crippen molar-refractivity contribution in [1.29, 1.82) is 0 Å². The molecule has 0 saturated heterocycles. The number of pyridine rings is 1. The predicted octanol–water partition coefficient (Wildman–Crippen LogP) is 5.21. The maximum Gasteiger partial charge on any atom is 0.341 e. The minimum Gasteiger partial charge on any atom is -0.497 e. The van der Waals surface area contributed by atoms with Crippen molar-refractivity contribution in [2.24, 2.45) is 0 Å². The standard InChI is InChI=1S/C26H28BrNO7/c1-33-20-13-17(26(32)34-2)12-18(14-20)28-16-22(25(30)31)24(29)21-9-8-19(15-23(21)28)35-11-7-5-3-4-6-10-27/h8-9,12-16H,3-7,10-11H2,1-2H3,(H,30,31). The third-order valence-corrected chi connectivity index (χ3v) is 6.14. The molecule has 8 nitrogen and oxygen atoms in total. The van der Waals surface area contributed by atoms with Crippen molar-refractivity contribution in [3.8, 4) is 17.2 Å². The van der Waals surface area contributed by atoms with Gasteiger partial charge in [-0.25, -0.2) is 9.59 Å². The first-order valence-electron chi connectivity index (χ1n) is 11.3. The molecule has 0 saturated carbocycles. The van der Waals surface area contributed by atoms with Gasteiger partial charge in [0.05, 0.1) is 37.6 Å². The normalized spacial score (nSPS) is 10.8. The number of halogens is 1. The largest absolute Gasteiger partial charge is 0.497 e. The van der Waals surface area contributed by atoms with Crippen molar-refractivity contribution < 1.29 is 28.9 Å². The van der Waals surface area contributed by atoms with E-state index in [1.165, 1.54) is 32.9 Å². The number of nitrogens with zero attached hydrogens (tertiary/aromatic N) is 1. The van der Waals surface area contributed by atoms with Crippen molar-refractivity contribution >= 4 is 38.8 Å². The van der Waals surface area contributed by atoms with Crippen LogP contribution in [0.2, 0.25) is 0 Å². The zero-order chi connectivity index (χ0) is 25.4. The Morgan fingerprint density at radius 2 is 1.71 bits per heavy atom. The summed E-state index contributed by atoms with van der Waals surface area (Å²) >= 11 is 3.43. The van der Waals surface area contributed by atoms with Crippen molar-refractivity contribution in [2.45, 2.75) is 32.1 Å². The summed E-state index contributed by atoms with van der Waals surface area (Å²) in [6.07, 6.45) is 6.69. The number of fused-ring (bicyclic) bond motifs is 1. The first-order chi connectivity index (χ1) is 16.9. The number of hydrogen-bond acceptors (Lipinski definition) is 6. The first-order valence-corrected chi connectivity index (χ1v) is 12.4. The van der Waals surface area contributed by atoms with Crippen LogP contribution in [0.5, 0.6) is 11.5 Å². The fourth-order valence-electron chi connectivity index (χ4n) is 3.75. The quantitative estimate of drug-likeness (QED) is 0.189. The van der Waals surface area contributed by atoms with E-state index in [0.29, 0.717) is 29.3 Å². The van der Waals surface area contributed by atoms with E-state index in [-0.39, 0.29) is 10.9 Å². The number of carboxylic acid groups (broad SMARTS) is 1. The van der Waals surface area contributed by atoms with Crippen molar-refractivity contribution in [2.75, 3.05) is 26.2 Å². The highest BCUT2D eigenvalue weighted by atomic mass is 79.9. The van der Waals surface area contributed by atoms with Crippen molar-refractivity contribution in [3.05, 3.63) is 63.9 Å². The Hall–Kier alpha value is -3.33. The number of rotatable bonds is 12. The Bertz CT molecular complexity index is 1270. The second-order valence-electron chi connectivity index (χ2n) is 7.94. The van der Waals surface area contributed by atoms with Gasteiger partial charge in [0.25, 0.3) is 0 Å². The van der Waals surface area contributed by atoms with E-state index in [1.807, 2.05) is 0 Å². The molecule has 1 N–H and O–H groups in total. The van der Waals surface area contributed by atoms with Gasteiger partial charge in [-0.2, -0.15) is 0 Å². The number of esters is 1. The van der Waals surface area contributed by atoms with Gasteiger partial charge in [-0.1, -0.05) is 35.2 Å². The van der Waals surface area contributed by atoms with Gasteiger partial charge in [0.2, 0.25) is 5.43 Å². The van der Waals surface area contributed by atoms with Gasteiger partial charge < -0.3 is 23.9 Å². The Morgan fingerprint density at radius 3 is 2.40 bits per heavy atom. The number of hydrogen-bond donors (Lipinski definition) is 1. The van der Waals surface area contributed by atoms with Crippen LogP contribution in [0.4, 0.5) is 0 Å². The number of carbonyl (C=O) groups excluding carboxylic acids is 1. The molecule has 186 valence electrons. The van der Waals surface area contributed by atoms with Crippen molar-refractivity contribution in [1.82, 2.24) is 4.57 Å². The van der Waals surface area contributed by atoms with Gasteiger partial charge in [0.1, 0.15) is 17.1 Å². The summed E-state index contributed by atoms with van der Waals surface area (Å²) in [5.41, 5.74) is 0.105. The summed E-state index contributed by atoms with van der Waals surface area (Å²) < 4.78 is 17.6. The number of ether oxygens (including phenoxy) is 3. The average Bonchev–Trinajstić information content (AvgIpc) is 2.87. The van der Waals surface area contributed by atoms with E-state index in [9.17, 15) is 19.5 Å². The molecule has 35 heavy (non-hydrogen) atoms. The third kappa shape index (κ3) is 6.42. The zero-order valence-electron chi connectivity index (χ0n) is 19.7. The van der Waals surface area contributed by atoms with Gasteiger partial charge in [-0.15, -0.1) is 0 Å². The summed E-state index contributed by atoms with van der Waals surface area (Å²) in [6, 6.07) is 9.63. The number of alkyl halides is 1. The lowest BCUT2D eigenvalue weighted by molar-refractivity contribution is 0.0599. The van der Waals surface area contributed by atoms with Crippen LogP contribution >= 0.6 is 15.9 Å². The van der Waals surface area contributed by atoms with Crippen LogP contribution < -0.4 is 14.9 Å². The molecule has 0 aliphatic rings. The first kappa shape index (κ1) is 26.3. The molecular weight excluding hydrogens is 518 g/mol. The molecule has 3 rings (SSSR count). The van der Waals surface area contributed by atoms with Gasteiger partial charge in [-0.05, 0) is 37.1 Å². The SMILES string of the molecule is COC(=O)c1cc(OC)cc(-n2cc(C(=O)O)c(=O)c3ccc(OCCCCCCCBr)cc32)c1. The van der Waals surface area contributed by atoms with Gasteiger partial charge in [0, 0.05) is 29.0 Å². The Morgan fingerprint density at radius 1 is 0.971 bits per heavy atom. The maximum absolute atomic E-state index is 12.9. The molecule has 3 aromatic rings. The Balaban J connectivity index is 2.04. The molecule has 1 heterocycles. The third-order valence-electron chi connectivity index (χ3n) is 5.58. The van der Waals surface area contributed by atoms with E-state index >= 15 is 0 Å². The smallest absolute Gasteiger partial charge is 0.341 e. The topological polar surface area (TPSA) is 104 Å². The summed E-state index contributed by atoms with van der Waals surface area (Å²) in [7, 11) is 2.72. The van der Waals surface area contributed by atoms with Crippen LogP contribution in [0.1, 0.15) is 52.8 Å². The Labute approximate surface area is 211 Å². The molecule has 0 atom stereocenters. The molecule has 0 unspecified atom stereocenters. The summed E-state index contributed by atoms with van der Waals surface area (Å²) in [6.45, 7) is 0.531. The number of carboxylic acids is 1. The number of methoxy groups -OCH3 is 2. The fraction of sp³-hybridized carbons (Fsp3) is 0.346. The molecular formula is C26H28BrNO7. The molecule has 0 aliphatic carbocycles. The highest BCUT2D eigenvalue weighted by molar-refractivity contribution is 9.09. The molecule has 0 fully saturated rings. The minimum atomic E-state index is -1.35. The molecule has 0 radical (unpaired) electrons. The monoisotopic (exact) mass is 545 g/mol. The summed E-state index contributed by atoms with van der Waals surface area (Å²) in [4.78, 5) is 36.8. The number of unbranched alkanes of at least 4 members (excludes halogenated alkanes) is 4. The lowest BCUT2D eigenvalue weighted by atomic mass is 10.1. The highest BCUT2D eigenvalue weighted by Crippen LogP contribution is 2.26. The minimum absolute atomic E-state index is 0.217. The van der Waals surface area contributed by atoms with Crippen LogP contribution in [-0.2, 0) is 4.74 Å². The maximum atomic E-state index is 12.9. The molecule has 0 bridgehead atoms. The fourth-order valence-corrected chi connectivity index (χ4v) is 4.15. The van der Waals surface area contributed by atoms with E-state index in [0.717, 1.165) is 31.0 Å². The average molecular weight is 546 g/mol. The summed E-state index contributed by atoms with van der Waals surface area (Å²) in [5, 5.41) is 10.8. The Kier molecular flexibility index (Phi) is 9.31. The molecule has 2 aromatic carbocycles. The van der Waals surface area contributed by atoms with E-state index in [2.05, 4.69) is 15.9 Å². The van der Waals surface area contributed by atoms with Gasteiger partial charge in [-0.3, -0.25) is 4.79 Å². The molecule has 0 amide bonds. The van der Waals surface area contributed by atoms with Crippen LogP contribution in [0.25, 0.3) is 16.6 Å². The second-order valence-corrected chi connectivity index (χ2v) is 8.74. The second kappa shape index (κ2) is 12.4. The van der Waals surface area contributed by atoms with Gasteiger partial charge >= 0.3 is 11.9 Å². The molecule has 0 spiro atoms. The molecule has 0 aliphatic heterocycles. The van der Waals surface area contributed by atoms with Crippen LogP contribution in [-0.4, -0.2) is 47.8 Å². The van der Waals surface area contributed by atoms with Crippen LogP contribution in [0.15, 0.2) is 47.4 Å². The number of aromatic carboxylic acids is 1. The number of benzene rings is 2. The van der Waals surface area contributed by atoms with E-state index in [1.54, 1.807) is 34.9 Å². The van der Waals surface area contributed by atoms with E-state index in [4.69, 9.17) is 14.2 Å². The van der Waals surface area contributed by atoms with Crippen molar-refractivity contribution in [3.63, 3.8) is 0 Å². The molecule has 9 heteroatoms. The zero-order valence-corrected chi connectivity index (χ0v) is 21.3. The lowest BCUT2D eigenvalue weighted by Crippen LogP contribution is -2.18. The van der Waals surface area contributed by atoms with Gasteiger partial charge in [0.15, 0.2) is 0 Å². The highest BCUT2D eigenvalue weighted by Gasteiger charge is 2.18. The number of aromatic nitrogens is 1. The lowest BCUT2D eigenvalue weighted by Gasteiger charge is -2.16. The predicted molar refractivity (Wildman–Crippen MR) is 137 cm³/mol. The number of carbonyl (C=O) groups is 2. The summed E-state index contributed by atoms with van der Waals surface area (Å²) in [5.74, 6) is -0.986. The van der Waals surface area contributed by atoms with Crippen LogP contribution in [0.3, 0.4) is 0 Å².